The SMILES string of the molecule is Cc1ccc(-c2nc3ccccc3s2)cc1C1(c2ccc3c(c2)oc2ccccc23)c2ccccc2C2(c3ccccc3-c3ccccc32)c2ccccc21. The monoisotopic (exact) mass is 719 g/mol. The van der Waals surface area contributed by atoms with Gasteiger partial charge in [0.05, 0.1) is 21.0 Å². The smallest absolute Gasteiger partial charge is 0.135 e. The van der Waals surface area contributed by atoms with Gasteiger partial charge in [-0.1, -0.05) is 152 Å². The number of aromatic nitrogens is 1. The molecule has 0 N–H and O–H groups in total. The zero-order chi connectivity index (χ0) is 36.3. The van der Waals surface area contributed by atoms with Crippen LogP contribution in [0.15, 0.2) is 186 Å². The second kappa shape index (κ2) is 11.2. The molecule has 1 spiro atoms. The minimum atomic E-state index is -0.700. The van der Waals surface area contributed by atoms with E-state index in [2.05, 4.69) is 183 Å². The average molecular weight is 720 g/mol. The Kier molecular flexibility index (Phi) is 6.31. The van der Waals surface area contributed by atoms with Crippen LogP contribution in [-0.4, -0.2) is 4.98 Å². The van der Waals surface area contributed by atoms with Crippen molar-refractivity contribution in [3.63, 3.8) is 0 Å². The van der Waals surface area contributed by atoms with Gasteiger partial charge in [-0.2, -0.15) is 0 Å². The minimum absolute atomic E-state index is 0.508. The molecule has 10 aromatic rings. The first-order chi connectivity index (χ1) is 27.2. The lowest BCUT2D eigenvalue weighted by Crippen LogP contribution is -2.45. The second-order valence-corrected chi connectivity index (χ2v) is 16.0. The molecule has 2 aliphatic carbocycles. The van der Waals surface area contributed by atoms with Crippen molar-refractivity contribution < 1.29 is 4.42 Å². The Morgan fingerprint density at radius 2 is 1.02 bits per heavy atom. The third-order valence-electron chi connectivity index (χ3n) is 12.4. The maximum absolute atomic E-state index is 6.68. The molecule has 12 rings (SSSR count). The van der Waals surface area contributed by atoms with Crippen molar-refractivity contribution in [1.29, 1.82) is 0 Å². The Morgan fingerprint density at radius 1 is 0.455 bits per heavy atom. The van der Waals surface area contributed by atoms with Crippen molar-refractivity contribution in [2.45, 2.75) is 17.8 Å². The highest BCUT2D eigenvalue weighted by Crippen LogP contribution is 2.65. The zero-order valence-electron chi connectivity index (χ0n) is 30.1. The number of hydrogen-bond acceptors (Lipinski definition) is 3. The van der Waals surface area contributed by atoms with Gasteiger partial charge in [0.15, 0.2) is 0 Å². The van der Waals surface area contributed by atoms with E-state index in [1.54, 1.807) is 11.3 Å². The highest BCUT2D eigenvalue weighted by Gasteiger charge is 2.57. The van der Waals surface area contributed by atoms with Crippen LogP contribution in [-0.2, 0) is 10.8 Å². The number of hydrogen-bond donors (Lipinski definition) is 0. The number of rotatable bonds is 3. The van der Waals surface area contributed by atoms with Crippen molar-refractivity contribution >= 4 is 43.5 Å². The molecule has 2 heterocycles. The van der Waals surface area contributed by atoms with Crippen LogP contribution in [0.3, 0.4) is 0 Å². The maximum atomic E-state index is 6.68. The van der Waals surface area contributed by atoms with E-state index < -0.39 is 10.8 Å². The van der Waals surface area contributed by atoms with E-state index in [1.807, 2.05) is 6.07 Å². The van der Waals surface area contributed by atoms with Crippen LogP contribution in [0.1, 0.15) is 50.1 Å². The van der Waals surface area contributed by atoms with Crippen LogP contribution in [0, 0.1) is 6.92 Å². The normalized spacial score (nSPS) is 14.6. The summed E-state index contributed by atoms with van der Waals surface area (Å²) in [5, 5.41) is 3.29. The van der Waals surface area contributed by atoms with Crippen LogP contribution in [0.2, 0.25) is 0 Å². The van der Waals surface area contributed by atoms with Gasteiger partial charge in [0, 0.05) is 16.3 Å². The number of para-hydroxylation sites is 2. The van der Waals surface area contributed by atoms with Gasteiger partial charge < -0.3 is 4.42 Å². The zero-order valence-corrected chi connectivity index (χ0v) is 30.9. The van der Waals surface area contributed by atoms with Gasteiger partial charge in [0.1, 0.15) is 16.2 Å². The number of aryl methyl sites for hydroxylation is 1. The number of benzene rings is 8. The third kappa shape index (κ3) is 3.95. The number of furan rings is 1. The topological polar surface area (TPSA) is 26.0 Å². The molecule has 0 amide bonds. The fraction of sp³-hybridized carbons (Fsp3) is 0.0577. The molecular weight excluding hydrogens is 687 g/mol. The van der Waals surface area contributed by atoms with E-state index >= 15 is 0 Å². The van der Waals surface area contributed by atoms with Crippen LogP contribution in [0.4, 0.5) is 0 Å². The molecular formula is C52H33NOS. The number of thiazole rings is 1. The van der Waals surface area contributed by atoms with Crippen LogP contribution < -0.4 is 0 Å². The highest BCUT2D eigenvalue weighted by atomic mass is 32.1. The maximum Gasteiger partial charge on any atom is 0.135 e. The van der Waals surface area contributed by atoms with Gasteiger partial charge in [-0.05, 0) is 98.5 Å². The molecule has 0 saturated carbocycles. The van der Waals surface area contributed by atoms with Gasteiger partial charge in [0.25, 0.3) is 0 Å². The molecule has 0 saturated heterocycles. The first-order valence-corrected chi connectivity index (χ1v) is 19.8. The van der Waals surface area contributed by atoms with E-state index in [1.165, 1.54) is 65.9 Å². The van der Waals surface area contributed by atoms with Crippen LogP contribution in [0.5, 0.6) is 0 Å². The Bertz CT molecular complexity index is 3070. The summed E-state index contributed by atoms with van der Waals surface area (Å²) in [4.78, 5) is 5.16. The highest BCUT2D eigenvalue weighted by molar-refractivity contribution is 7.21. The molecule has 2 nitrogen and oxygen atoms in total. The van der Waals surface area contributed by atoms with Gasteiger partial charge in [-0.15, -0.1) is 11.3 Å². The van der Waals surface area contributed by atoms with Gasteiger partial charge in [-0.3, -0.25) is 0 Å². The van der Waals surface area contributed by atoms with Gasteiger partial charge >= 0.3 is 0 Å². The Balaban J connectivity index is 1.25. The number of nitrogens with zero attached hydrogens (tertiary/aromatic N) is 1. The van der Waals surface area contributed by atoms with Crippen molar-refractivity contribution in [3.8, 4) is 21.7 Å². The average Bonchev–Trinajstić information content (AvgIpc) is 3.93. The molecule has 0 bridgehead atoms. The molecule has 2 aromatic heterocycles. The summed E-state index contributed by atoms with van der Waals surface area (Å²) in [5.41, 5.74) is 16.8. The molecule has 3 heteroatoms. The molecule has 258 valence electrons. The van der Waals surface area contributed by atoms with Crippen molar-refractivity contribution in [2.24, 2.45) is 0 Å². The molecule has 8 aromatic carbocycles. The molecule has 0 atom stereocenters. The standard InChI is InChI=1S/C52H33NOS/c1-32-26-27-33(50-53-46-23-11-13-25-49(46)55-50)30-45(32)51(34-28-29-38-37-16-4-12-24-47(37)54-48(38)31-34)41-19-7-9-21-43(41)52(44-22-10-8-20-42(44)51)39-17-5-2-14-35(39)36-15-3-6-18-40(36)52/h2-31H,1H3. The summed E-state index contributed by atoms with van der Waals surface area (Å²) in [6.45, 7) is 2.27. The van der Waals surface area contributed by atoms with E-state index in [9.17, 15) is 0 Å². The molecule has 0 unspecified atom stereocenters. The molecule has 0 fully saturated rings. The summed E-state index contributed by atoms with van der Waals surface area (Å²) < 4.78 is 7.87. The summed E-state index contributed by atoms with van der Waals surface area (Å²) in [6.07, 6.45) is 0. The molecule has 0 aliphatic heterocycles. The molecule has 0 radical (unpaired) electrons. The van der Waals surface area contributed by atoms with E-state index in [4.69, 9.17) is 9.40 Å². The van der Waals surface area contributed by atoms with E-state index in [0.717, 1.165) is 38.0 Å². The van der Waals surface area contributed by atoms with Gasteiger partial charge in [0.2, 0.25) is 0 Å². The largest absolute Gasteiger partial charge is 0.456 e. The van der Waals surface area contributed by atoms with Crippen molar-refractivity contribution in [3.05, 3.63) is 232 Å². The molecule has 2 aliphatic rings. The first kappa shape index (κ1) is 30.9. The van der Waals surface area contributed by atoms with E-state index in [-0.39, 0.29) is 0 Å². The summed E-state index contributed by atoms with van der Waals surface area (Å²) in [5.74, 6) is 0. The summed E-state index contributed by atoms with van der Waals surface area (Å²) in [6, 6.07) is 67.3. The quantitative estimate of drug-likeness (QED) is 0.182. The second-order valence-electron chi connectivity index (χ2n) is 15.0. The van der Waals surface area contributed by atoms with Crippen LogP contribution in [0.25, 0.3) is 53.9 Å². The van der Waals surface area contributed by atoms with Gasteiger partial charge in [-0.25, -0.2) is 4.98 Å². The van der Waals surface area contributed by atoms with Crippen LogP contribution >= 0.6 is 11.3 Å². The van der Waals surface area contributed by atoms with E-state index in [0.29, 0.717) is 0 Å². The lowest BCUT2D eigenvalue weighted by molar-refractivity contribution is 0.619. The summed E-state index contributed by atoms with van der Waals surface area (Å²) >= 11 is 1.76. The Morgan fingerprint density at radius 3 is 1.71 bits per heavy atom. The third-order valence-corrected chi connectivity index (χ3v) is 13.5. The lowest BCUT2D eigenvalue weighted by atomic mass is 9.51. The fourth-order valence-corrected chi connectivity index (χ4v) is 11.2. The fourth-order valence-electron chi connectivity index (χ4n) is 10.3. The summed E-state index contributed by atoms with van der Waals surface area (Å²) in [7, 11) is 0. The van der Waals surface area contributed by atoms with Crippen molar-refractivity contribution in [1.82, 2.24) is 4.98 Å². The minimum Gasteiger partial charge on any atom is -0.456 e. The predicted octanol–water partition coefficient (Wildman–Crippen LogP) is 13.2. The first-order valence-electron chi connectivity index (χ1n) is 19.0. The molecule has 55 heavy (non-hydrogen) atoms. The van der Waals surface area contributed by atoms with Crippen molar-refractivity contribution in [2.75, 3.05) is 0 Å². The Hall–Kier alpha value is -6.55. The Labute approximate surface area is 323 Å². The predicted molar refractivity (Wildman–Crippen MR) is 226 cm³/mol. The number of fused-ring (bicyclic) bond motifs is 13. The lowest BCUT2D eigenvalue weighted by Gasteiger charge is -2.50.